The van der Waals surface area contributed by atoms with Crippen LogP contribution in [0.25, 0.3) is 0 Å². The molecule has 0 bridgehead atoms. The summed E-state index contributed by atoms with van der Waals surface area (Å²) in [6, 6.07) is 7.34. The highest BCUT2D eigenvalue weighted by Gasteiger charge is 2.38. The minimum Gasteiger partial charge on any atom is -0.477 e. The van der Waals surface area contributed by atoms with Crippen molar-refractivity contribution in [1.29, 1.82) is 0 Å². The van der Waals surface area contributed by atoms with Crippen LogP contribution in [0.3, 0.4) is 0 Å². The van der Waals surface area contributed by atoms with Gasteiger partial charge in [0.1, 0.15) is 11.0 Å². The van der Waals surface area contributed by atoms with E-state index in [4.69, 9.17) is 14.2 Å². The molecule has 3 aliphatic rings. The van der Waals surface area contributed by atoms with E-state index >= 15 is 0 Å². The van der Waals surface area contributed by atoms with Gasteiger partial charge in [-0.1, -0.05) is 24.8 Å². The highest BCUT2D eigenvalue weighted by Crippen LogP contribution is 2.39. The average molecular weight is 609 g/mol. The Bertz CT molecular complexity index is 1290. The lowest BCUT2D eigenvalue weighted by Gasteiger charge is -2.39. The highest BCUT2D eigenvalue weighted by atomic mass is 32.1. The first-order valence-corrected chi connectivity index (χ1v) is 16.5. The van der Waals surface area contributed by atoms with Crippen LogP contribution in [0.15, 0.2) is 30.5 Å². The maximum Gasteiger partial charge on any atom is 0.348 e. The third kappa shape index (κ3) is 8.37. The van der Waals surface area contributed by atoms with Crippen LogP contribution in [0.4, 0.5) is 5.69 Å². The number of aromatic nitrogens is 1. The number of hydrogen-bond donors (Lipinski definition) is 1. The monoisotopic (exact) mass is 608 g/mol. The van der Waals surface area contributed by atoms with E-state index in [1.165, 1.54) is 0 Å². The number of nitrogens with zero attached hydrogens (tertiary/aromatic N) is 2. The second-order valence-corrected chi connectivity index (χ2v) is 14.0. The van der Waals surface area contributed by atoms with Gasteiger partial charge >= 0.3 is 5.97 Å². The van der Waals surface area contributed by atoms with Crippen LogP contribution in [-0.2, 0) is 14.3 Å². The number of hydrogen-bond acceptors (Lipinski definition) is 7. The van der Waals surface area contributed by atoms with Crippen LogP contribution in [0, 0.1) is 29.1 Å². The number of carbonyl (C=O) groups is 2. The van der Waals surface area contributed by atoms with Gasteiger partial charge in [0.05, 0.1) is 17.2 Å². The molecule has 0 spiro atoms. The molecule has 9 heteroatoms. The second kappa shape index (κ2) is 14.2. The third-order valence-electron chi connectivity index (χ3n) is 8.74. The molecule has 2 aromatic heterocycles. The fourth-order valence-corrected chi connectivity index (χ4v) is 7.07. The summed E-state index contributed by atoms with van der Waals surface area (Å²) in [7, 11) is 0. The average Bonchev–Trinajstić information content (AvgIpc) is 3.68. The molecule has 3 heterocycles. The van der Waals surface area contributed by atoms with Crippen LogP contribution < -0.4 is 9.64 Å². The molecule has 1 aliphatic heterocycles. The fourth-order valence-electron chi connectivity index (χ4n) is 6.23. The van der Waals surface area contributed by atoms with Crippen LogP contribution in [0.1, 0.15) is 99.5 Å². The Labute approximate surface area is 259 Å². The summed E-state index contributed by atoms with van der Waals surface area (Å²) >= 11 is 1.15. The number of anilines is 1. The van der Waals surface area contributed by atoms with Crippen molar-refractivity contribution >= 4 is 28.9 Å². The molecule has 1 amide bonds. The minimum atomic E-state index is -1.03. The quantitative estimate of drug-likeness (QED) is 0.309. The summed E-state index contributed by atoms with van der Waals surface area (Å²) in [6.45, 7) is 7.39. The summed E-state index contributed by atoms with van der Waals surface area (Å²) < 4.78 is 17.6. The van der Waals surface area contributed by atoms with E-state index in [1.807, 2.05) is 43.0 Å². The number of pyridine rings is 1. The molecule has 1 saturated heterocycles. The molecular weight excluding hydrogens is 564 g/mol. The fraction of sp³-hybridized carbons (Fsp3) is 0.618. The molecule has 1 N–H and O–H groups in total. The lowest BCUT2D eigenvalue weighted by atomic mass is 9.81. The molecule has 8 nitrogen and oxygen atoms in total. The second-order valence-electron chi connectivity index (χ2n) is 12.9. The number of rotatable bonds is 9. The maximum absolute atomic E-state index is 14.2. The van der Waals surface area contributed by atoms with E-state index in [2.05, 4.69) is 23.7 Å². The van der Waals surface area contributed by atoms with Crippen LogP contribution in [0.2, 0.25) is 0 Å². The Morgan fingerprint density at radius 1 is 1.12 bits per heavy atom. The molecular formula is C34H44N2O6S. The number of ether oxygens (including phenoxy) is 3. The van der Waals surface area contributed by atoms with Crippen molar-refractivity contribution in [2.75, 3.05) is 18.1 Å². The first-order valence-electron chi connectivity index (χ1n) is 15.7. The molecule has 0 radical (unpaired) electrons. The topological polar surface area (TPSA) is 98.2 Å². The normalized spacial score (nSPS) is 25.9. The summed E-state index contributed by atoms with van der Waals surface area (Å²) in [6.07, 6.45) is 10.2. The van der Waals surface area contributed by atoms with Crippen molar-refractivity contribution in [3.8, 4) is 17.7 Å². The van der Waals surface area contributed by atoms with E-state index in [0.29, 0.717) is 29.0 Å². The van der Waals surface area contributed by atoms with Crippen molar-refractivity contribution in [2.24, 2.45) is 17.3 Å². The lowest BCUT2D eigenvalue weighted by molar-refractivity contribution is -0.124. The van der Waals surface area contributed by atoms with Gasteiger partial charge < -0.3 is 24.2 Å². The Hall–Kier alpha value is -2.93. The SMILES string of the molecule is CC(C)(C#Cc1cc(N(C(=O)[C@H]2CC[C@H](C)CC2)[C@H]2CC[C@H](Oc3ccccn3)CC2)c(C(=O)O)s1)COC1CCCO1. The van der Waals surface area contributed by atoms with Gasteiger partial charge in [0, 0.05) is 42.7 Å². The van der Waals surface area contributed by atoms with Crippen molar-refractivity contribution in [3.63, 3.8) is 0 Å². The smallest absolute Gasteiger partial charge is 0.348 e. The van der Waals surface area contributed by atoms with E-state index in [9.17, 15) is 14.7 Å². The van der Waals surface area contributed by atoms with E-state index in [-0.39, 0.29) is 35.1 Å². The van der Waals surface area contributed by atoms with Crippen LogP contribution in [-0.4, -0.2) is 53.6 Å². The first kappa shape index (κ1) is 31.5. The standard InChI is InChI=1S/C34H44N2O6S/c1-23-9-11-24(12-10-23)32(37)36(25-13-15-26(16-14-25)42-29-7-4-5-19-35-29)28-21-27(43-31(28)33(38)39)17-18-34(2,3)22-41-30-8-6-20-40-30/h4-5,7,19,21,23-26,30H,6,8-16,20,22H2,1-3H3,(H,38,39)/t23-,24-,25-,26-,30?. The van der Waals surface area contributed by atoms with Gasteiger partial charge in [-0.2, -0.15) is 0 Å². The molecule has 0 aromatic carbocycles. The Balaban J connectivity index is 1.37. The maximum atomic E-state index is 14.2. The highest BCUT2D eigenvalue weighted by molar-refractivity contribution is 7.15. The van der Waals surface area contributed by atoms with Crippen molar-refractivity contribution < 1.29 is 28.9 Å². The van der Waals surface area contributed by atoms with Crippen molar-refractivity contribution in [3.05, 3.63) is 40.2 Å². The molecule has 232 valence electrons. The van der Waals surface area contributed by atoms with Gasteiger partial charge in [-0.05, 0) is 89.7 Å². The Kier molecular flexibility index (Phi) is 10.4. The largest absolute Gasteiger partial charge is 0.477 e. The molecule has 1 atom stereocenters. The number of amides is 1. The van der Waals surface area contributed by atoms with Crippen molar-refractivity contribution in [1.82, 2.24) is 4.98 Å². The lowest BCUT2D eigenvalue weighted by Crippen LogP contribution is -2.47. The molecule has 2 saturated carbocycles. The summed E-state index contributed by atoms with van der Waals surface area (Å²) in [4.78, 5) is 33.7. The Morgan fingerprint density at radius 2 is 1.88 bits per heavy atom. The summed E-state index contributed by atoms with van der Waals surface area (Å²) in [5.41, 5.74) is 0.0349. The van der Waals surface area contributed by atoms with E-state index in [1.54, 1.807) is 6.20 Å². The molecule has 1 unspecified atom stereocenters. The molecule has 43 heavy (non-hydrogen) atoms. The zero-order valence-electron chi connectivity index (χ0n) is 25.5. The van der Waals surface area contributed by atoms with Gasteiger partial charge in [0.25, 0.3) is 0 Å². The molecule has 5 rings (SSSR count). The number of carboxylic acids is 1. The van der Waals surface area contributed by atoms with Crippen molar-refractivity contribution in [2.45, 2.75) is 103 Å². The number of carboxylic acid groups (broad SMARTS) is 1. The van der Waals surface area contributed by atoms with Crippen LogP contribution >= 0.6 is 11.3 Å². The van der Waals surface area contributed by atoms with Crippen LogP contribution in [0.5, 0.6) is 5.88 Å². The minimum absolute atomic E-state index is 0.0144. The first-order chi connectivity index (χ1) is 20.7. The summed E-state index contributed by atoms with van der Waals surface area (Å²) in [5, 5.41) is 10.3. The van der Waals surface area contributed by atoms with E-state index < -0.39 is 11.4 Å². The van der Waals surface area contributed by atoms with Gasteiger partial charge in [0.2, 0.25) is 11.8 Å². The zero-order valence-corrected chi connectivity index (χ0v) is 26.4. The van der Waals surface area contributed by atoms with Gasteiger partial charge in [0.15, 0.2) is 6.29 Å². The Morgan fingerprint density at radius 3 is 2.53 bits per heavy atom. The van der Waals surface area contributed by atoms with E-state index in [0.717, 1.165) is 82.2 Å². The number of thiophene rings is 1. The summed E-state index contributed by atoms with van der Waals surface area (Å²) in [5.74, 6) is 6.64. The number of aromatic carboxylic acids is 1. The van der Waals surface area contributed by atoms with Gasteiger partial charge in [-0.25, -0.2) is 9.78 Å². The predicted molar refractivity (Wildman–Crippen MR) is 166 cm³/mol. The zero-order chi connectivity index (χ0) is 30.4. The predicted octanol–water partition coefficient (Wildman–Crippen LogP) is 6.92. The molecule has 2 aliphatic carbocycles. The number of carbonyl (C=O) groups excluding carboxylic acids is 1. The molecule has 3 fully saturated rings. The van der Waals surface area contributed by atoms with Gasteiger partial charge in [-0.15, -0.1) is 11.3 Å². The van der Waals surface area contributed by atoms with Gasteiger partial charge in [-0.3, -0.25) is 4.79 Å². The molecule has 2 aromatic rings. The third-order valence-corrected chi connectivity index (χ3v) is 9.77.